The number of nitrogens with one attached hydrogen (secondary N) is 1. The summed E-state index contributed by atoms with van der Waals surface area (Å²) < 4.78 is 22.8. The molecule has 7 nitrogen and oxygen atoms in total. The molecule has 0 bridgehead atoms. The van der Waals surface area contributed by atoms with Crippen molar-refractivity contribution >= 4 is 23.7 Å². The maximum atomic E-state index is 13.2. The summed E-state index contributed by atoms with van der Waals surface area (Å²) in [6.45, 7) is 1.79. The molecule has 2 rings (SSSR count). The topological polar surface area (TPSA) is 84.9 Å². The third kappa shape index (κ3) is 3.72. The second-order valence-corrected chi connectivity index (χ2v) is 4.53. The molecule has 1 aliphatic heterocycles. The summed E-state index contributed by atoms with van der Waals surface area (Å²) in [5.41, 5.74) is 0.365. The lowest BCUT2D eigenvalue weighted by molar-refractivity contribution is -0.154. The summed E-state index contributed by atoms with van der Waals surface area (Å²) in [4.78, 5) is 35.5. The quantitative estimate of drug-likeness (QED) is 0.658. The molecule has 8 heteroatoms. The van der Waals surface area contributed by atoms with Crippen LogP contribution >= 0.6 is 0 Å². The second-order valence-electron chi connectivity index (χ2n) is 4.53. The molecule has 1 unspecified atom stereocenters. The normalized spacial score (nSPS) is 17.1. The zero-order chi connectivity index (χ0) is 16.1. The number of nitrogens with zero attached hydrogens (tertiary/aromatic N) is 1. The second kappa shape index (κ2) is 6.88. The van der Waals surface area contributed by atoms with E-state index in [-0.39, 0.29) is 19.7 Å². The number of ether oxygens (including phenoxy) is 2. The fourth-order valence-corrected chi connectivity index (χ4v) is 1.96. The molecule has 0 saturated carbocycles. The van der Waals surface area contributed by atoms with Crippen molar-refractivity contribution in [3.63, 3.8) is 0 Å². The molecule has 2 amide bonds. The number of amides is 2. The Morgan fingerprint density at radius 1 is 1.50 bits per heavy atom. The first-order valence-corrected chi connectivity index (χ1v) is 6.70. The van der Waals surface area contributed by atoms with Crippen LogP contribution in [0.1, 0.15) is 6.92 Å². The minimum absolute atomic E-state index is 0.0325. The van der Waals surface area contributed by atoms with Crippen LogP contribution in [0.2, 0.25) is 0 Å². The van der Waals surface area contributed by atoms with Crippen molar-refractivity contribution in [3.8, 4) is 0 Å². The summed E-state index contributed by atoms with van der Waals surface area (Å²) in [7, 11) is 0. The van der Waals surface area contributed by atoms with Crippen molar-refractivity contribution in [3.05, 3.63) is 30.1 Å². The Labute approximate surface area is 126 Å². The first kappa shape index (κ1) is 15.7. The molecule has 1 atom stereocenters. The van der Waals surface area contributed by atoms with Crippen LogP contribution in [0.15, 0.2) is 24.3 Å². The van der Waals surface area contributed by atoms with Crippen LogP contribution in [0.4, 0.5) is 14.9 Å². The summed E-state index contributed by atoms with van der Waals surface area (Å²) in [5.74, 6) is -2.36. The Balaban J connectivity index is 1.90. The van der Waals surface area contributed by atoms with E-state index in [0.29, 0.717) is 5.69 Å². The van der Waals surface area contributed by atoms with E-state index in [1.165, 1.54) is 23.1 Å². The third-order valence-electron chi connectivity index (χ3n) is 2.95. The smallest absolute Gasteiger partial charge is 0.414 e. The Hall–Kier alpha value is -2.64. The van der Waals surface area contributed by atoms with Gasteiger partial charge in [0.1, 0.15) is 11.9 Å². The molecule has 1 N–H and O–H groups in total. The van der Waals surface area contributed by atoms with Gasteiger partial charge in [-0.2, -0.15) is 0 Å². The summed E-state index contributed by atoms with van der Waals surface area (Å²) in [6, 6.07) is 5.53. The van der Waals surface area contributed by atoms with Crippen molar-refractivity contribution in [1.82, 2.24) is 5.32 Å². The van der Waals surface area contributed by atoms with Crippen molar-refractivity contribution < 1.29 is 28.2 Å². The van der Waals surface area contributed by atoms with Crippen molar-refractivity contribution in [2.24, 2.45) is 0 Å². The van der Waals surface area contributed by atoms with E-state index >= 15 is 0 Å². The fraction of sp³-hybridized carbons (Fsp3) is 0.357. The molecule has 1 fully saturated rings. The van der Waals surface area contributed by atoms with Crippen LogP contribution in [0.3, 0.4) is 0 Å². The Kier molecular flexibility index (Phi) is 4.92. The molecular formula is C14H15FN2O5. The Bertz CT molecular complexity index is 592. The van der Waals surface area contributed by atoms with Crippen LogP contribution in [-0.2, 0) is 19.1 Å². The summed E-state index contributed by atoms with van der Waals surface area (Å²) in [6.07, 6.45) is -1.27. The van der Waals surface area contributed by atoms with Gasteiger partial charge in [-0.15, -0.1) is 0 Å². The first-order chi connectivity index (χ1) is 10.5. The summed E-state index contributed by atoms with van der Waals surface area (Å²) in [5, 5.41) is 2.32. The molecule has 0 aliphatic carbocycles. The van der Waals surface area contributed by atoms with E-state index in [2.05, 4.69) is 10.1 Å². The van der Waals surface area contributed by atoms with E-state index in [0.717, 1.165) is 0 Å². The molecule has 1 heterocycles. The zero-order valence-electron chi connectivity index (χ0n) is 11.9. The number of carbonyl (C=O) groups excluding carboxylic acids is 3. The highest BCUT2D eigenvalue weighted by Gasteiger charge is 2.33. The number of hydrogen-bond acceptors (Lipinski definition) is 5. The molecule has 1 saturated heterocycles. The van der Waals surface area contributed by atoms with Crippen LogP contribution in [0, 0.1) is 5.82 Å². The largest absolute Gasteiger partial charge is 0.459 e. The highest BCUT2D eigenvalue weighted by Crippen LogP contribution is 2.21. The number of halogens is 1. The van der Waals surface area contributed by atoms with Crippen molar-refractivity contribution in [1.29, 1.82) is 0 Å². The molecule has 1 aromatic carbocycles. The number of hydrogen-bond donors (Lipinski definition) is 1. The Morgan fingerprint density at radius 3 is 2.95 bits per heavy atom. The minimum atomic E-state index is -0.992. The molecule has 0 spiro atoms. The zero-order valence-corrected chi connectivity index (χ0v) is 11.9. The molecule has 1 aromatic rings. The highest BCUT2D eigenvalue weighted by atomic mass is 19.1. The number of carbonyl (C=O) groups is 3. The number of benzene rings is 1. The van der Waals surface area contributed by atoms with Gasteiger partial charge in [0.25, 0.3) is 0 Å². The minimum Gasteiger partial charge on any atom is -0.459 e. The van der Waals surface area contributed by atoms with Gasteiger partial charge in [0.2, 0.25) is 0 Å². The van der Waals surface area contributed by atoms with Crippen LogP contribution in [0.5, 0.6) is 0 Å². The van der Waals surface area contributed by atoms with Gasteiger partial charge in [0.05, 0.1) is 25.4 Å². The van der Waals surface area contributed by atoms with Gasteiger partial charge >= 0.3 is 18.0 Å². The molecule has 0 aromatic heterocycles. The number of cyclic esters (lactones) is 1. The van der Waals surface area contributed by atoms with Crippen LogP contribution in [0.25, 0.3) is 0 Å². The lowest BCUT2D eigenvalue weighted by Crippen LogP contribution is -2.39. The maximum absolute atomic E-state index is 13.2. The first-order valence-electron chi connectivity index (χ1n) is 6.70. The van der Waals surface area contributed by atoms with E-state index in [4.69, 9.17) is 4.74 Å². The lowest BCUT2D eigenvalue weighted by Gasteiger charge is -2.12. The highest BCUT2D eigenvalue weighted by molar-refractivity contribution is 6.32. The van der Waals surface area contributed by atoms with Gasteiger partial charge in [-0.05, 0) is 25.1 Å². The fourth-order valence-electron chi connectivity index (χ4n) is 1.96. The van der Waals surface area contributed by atoms with E-state index in [1.54, 1.807) is 13.0 Å². The monoisotopic (exact) mass is 310 g/mol. The van der Waals surface area contributed by atoms with Crippen LogP contribution in [-0.4, -0.2) is 43.8 Å². The number of anilines is 1. The predicted molar refractivity (Wildman–Crippen MR) is 73.7 cm³/mol. The molecular weight excluding hydrogens is 295 g/mol. The van der Waals surface area contributed by atoms with Gasteiger partial charge < -0.3 is 14.8 Å². The molecule has 118 valence electrons. The molecule has 0 radical (unpaired) electrons. The maximum Gasteiger partial charge on any atom is 0.414 e. The van der Waals surface area contributed by atoms with Gasteiger partial charge in [0.15, 0.2) is 0 Å². The van der Waals surface area contributed by atoms with Crippen molar-refractivity contribution in [2.45, 2.75) is 13.0 Å². The number of rotatable bonds is 4. The molecule has 1 aliphatic rings. The van der Waals surface area contributed by atoms with Gasteiger partial charge in [-0.25, -0.2) is 14.0 Å². The average Bonchev–Trinajstić information content (AvgIpc) is 2.86. The SMILES string of the molecule is CCOC(=O)C(=O)NCC1CN(c2cccc(F)c2)C(=O)O1. The average molecular weight is 310 g/mol. The summed E-state index contributed by atoms with van der Waals surface area (Å²) >= 11 is 0. The number of esters is 1. The third-order valence-corrected chi connectivity index (χ3v) is 2.95. The van der Waals surface area contributed by atoms with E-state index in [1.807, 2.05) is 0 Å². The lowest BCUT2D eigenvalue weighted by atomic mass is 10.2. The van der Waals surface area contributed by atoms with Gasteiger partial charge in [-0.3, -0.25) is 9.69 Å². The Morgan fingerprint density at radius 2 is 2.27 bits per heavy atom. The van der Waals surface area contributed by atoms with Crippen LogP contribution < -0.4 is 10.2 Å². The predicted octanol–water partition coefficient (Wildman–Crippen LogP) is 0.830. The standard InChI is InChI=1S/C14H15FN2O5/c1-2-21-13(19)12(18)16-7-11-8-17(14(20)22-11)10-5-3-4-9(15)6-10/h3-6,11H,2,7-8H2,1H3,(H,16,18). The van der Waals surface area contributed by atoms with Gasteiger partial charge in [0, 0.05) is 0 Å². The van der Waals surface area contributed by atoms with E-state index < -0.39 is 29.9 Å². The molecule has 22 heavy (non-hydrogen) atoms. The van der Waals surface area contributed by atoms with Crippen molar-refractivity contribution in [2.75, 3.05) is 24.6 Å². The van der Waals surface area contributed by atoms with E-state index in [9.17, 15) is 18.8 Å². The van der Waals surface area contributed by atoms with Gasteiger partial charge in [-0.1, -0.05) is 6.07 Å².